The molecule has 2 aromatic carbocycles. The van der Waals surface area contributed by atoms with E-state index in [4.69, 9.17) is 9.47 Å². The summed E-state index contributed by atoms with van der Waals surface area (Å²) in [4.78, 5) is 11.0. The molecular weight excluding hydrogens is 264 g/mol. The van der Waals surface area contributed by atoms with Crippen LogP contribution in [0, 0.1) is 0 Å². The van der Waals surface area contributed by atoms with Crippen molar-refractivity contribution in [2.24, 2.45) is 0 Å². The van der Waals surface area contributed by atoms with Crippen molar-refractivity contribution in [2.75, 3.05) is 13.2 Å². The minimum absolute atomic E-state index is 0.559. The molecule has 0 amide bonds. The van der Waals surface area contributed by atoms with E-state index in [9.17, 15) is 4.79 Å². The lowest BCUT2D eigenvalue weighted by Gasteiger charge is -2.30. The van der Waals surface area contributed by atoms with Crippen LogP contribution in [0.1, 0.15) is 32.6 Å². The van der Waals surface area contributed by atoms with E-state index in [0.717, 1.165) is 28.5 Å². The number of hydrogen-bond donors (Lipinski definition) is 0. The fourth-order valence-corrected chi connectivity index (χ4v) is 3.08. The smallest absolute Gasteiger partial charge is 0.223 e. The number of hydrogen-bond acceptors (Lipinski definition) is 3. The first-order chi connectivity index (χ1) is 10.3. The summed E-state index contributed by atoms with van der Waals surface area (Å²) < 4.78 is 12.1. The van der Waals surface area contributed by atoms with Gasteiger partial charge in [-0.05, 0) is 17.2 Å². The molecule has 2 aliphatic rings. The van der Waals surface area contributed by atoms with Crippen LogP contribution in [-0.4, -0.2) is 19.5 Å². The second kappa shape index (κ2) is 4.65. The number of benzene rings is 2. The SMILES string of the molecule is O=Cc1ccc2c(c1)C=Cc1ccccc1C21OCCO1. The third-order valence-electron chi connectivity index (χ3n) is 4.02. The molecular formula is C18H14O3. The Labute approximate surface area is 122 Å². The lowest BCUT2D eigenvalue weighted by atomic mass is 9.92. The third kappa shape index (κ3) is 1.78. The Bertz CT molecular complexity index is 740. The van der Waals surface area contributed by atoms with Gasteiger partial charge < -0.3 is 9.47 Å². The molecule has 1 heterocycles. The highest BCUT2D eigenvalue weighted by atomic mass is 16.7. The molecule has 0 bridgehead atoms. The molecule has 0 aromatic heterocycles. The first-order valence-corrected chi connectivity index (χ1v) is 6.99. The highest BCUT2D eigenvalue weighted by Crippen LogP contribution is 2.44. The first-order valence-electron chi connectivity index (χ1n) is 6.99. The van der Waals surface area contributed by atoms with E-state index < -0.39 is 5.79 Å². The Kier molecular flexibility index (Phi) is 2.77. The molecule has 0 radical (unpaired) electrons. The molecule has 1 fully saturated rings. The Balaban J connectivity index is 2.02. The molecule has 104 valence electrons. The number of rotatable bonds is 1. The maximum absolute atomic E-state index is 11.0. The van der Waals surface area contributed by atoms with E-state index in [2.05, 4.69) is 0 Å². The maximum atomic E-state index is 11.0. The van der Waals surface area contributed by atoms with E-state index in [1.165, 1.54) is 0 Å². The van der Waals surface area contributed by atoms with E-state index in [-0.39, 0.29) is 0 Å². The molecule has 1 saturated heterocycles. The molecule has 0 unspecified atom stereocenters. The predicted molar refractivity (Wildman–Crippen MR) is 79.9 cm³/mol. The van der Waals surface area contributed by atoms with Crippen molar-refractivity contribution in [2.45, 2.75) is 5.79 Å². The van der Waals surface area contributed by atoms with Crippen LogP contribution < -0.4 is 0 Å². The van der Waals surface area contributed by atoms with Gasteiger partial charge in [-0.2, -0.15) is 0 Å². The molecule has 1 aliphatic carbocycles. The number of fused-ring (bicyclic) bond motifs is 4. The summed E-state index contributed by atoms with van der Waals surface area (Å²) in [6, 6.07) is 13.7. The minimum atomic E-state index is -0.864. The molecule has 0 saturated carbocycles. The van der Waals surface area contributed by atoms with Crippen molar-refractivity contribution in [1.29, 1.82) is 0 Å². The summed E-state index contributed by atoms with van der Waals surface area (Å²) in [6.45, 7) is 1.12. The van der Waals surface area contributed by atoms with Gasteiger partial charge in [-0.3, -0.25) is 4.79 Å². The van der Waals surface area contributed by atoms with Gasteiger partial charge in [0.1, 0.15) is 6.29 Å². The summed E-state index contributed by atoms with van der Waals surface area (Å²) >= 11 is 0. The van der Waals surface area contributed by atoms with Gasteiger partial charge in [0.25, 0.3) is 0 Å². The zero-order valence-electron chi connectivity index (χ0n) is 11.4. The van der Waals surface area contributed by atoms with E-state index >= 15 is 0 Å². The largest absolute Gasteiger partial charge is 0.340 e. The molecule has 0 atom stereocenters. The minimum Gasteiger partial charge on any atom is -0.340 e. The van der Waals surface area contributed by atoms with Crippen LogP contribution in [0.2, 0.25) is 0 Å². The fourth-order valence-electron chi connectivity index (χ4n) is 3.08. The quantitative estimate of drug-likeness (QED) is 0.751. The van der Waals surface area contributed by atoms with Crippen molar-refractivity contribution in [1.82, 2.24) is 0 Å². The average molecular weight is 278 g/mol. The molecule has 3 nitrogen and oxygen atoms in total. The number of carbonyl (C=O) groups excluding carboxylic acids is 1. The maximum Gasteiger partial charge on any atom is 0.223 e. The Hall–Kier alpha value is -2.23. The molecule has 1 aliphatic heterocycles. The molecule has 4 rings (SSSR count). The molecule has 21 heavy (non-hydrogen) atoms. The molecule has 1 spiro atoms. The monoisotopic (exact) mass is 278 g/mol. The second-order valence-corrected chi connectivity index (χ2v) is 5.20. The average Bonchev–Trinajstić information content (AvgIpc) is 2.98. The highest BCUT2D eigenvalue weighted by Gasteiger charge is 2.43. The molecule has 2 aromatic rings. The van der Waals surface area contributed by atoms with Gasteiger partial charge in [-0.15, -0.1) is 0 Å². The summed E-state index contributed by atoms with van der Waals surface area (Å²) in [5.74, 6) is -0.864. The molecule has 0 N–H and O–H groups in total. The standard InChI is InChI=1S/C18H14O3/c19-12-13-5-8-17-15(11-13)7-6-14-3-1-2-4-16(14)18(17)20-9-10-21-18/h1-8,11-12H,9-10H2. The Morgan fingerprint density at radius 1 is 0.905 bits per heavy atom. The highest BCUT2D eigenvalue weighted by molar-refractivity contribution is 5.82. The summed E-state index contributed by atoms with van der Waals surface area (Å²) in [6.07, 6.45) is 4.92. The van der Waals surface area contributed by atoms with Crippen LogP contribution in [0.3, 0.4) is 0 Å². The molecule has 3 heteroatoms. The summed E-state index contributed by atoms with van der Waals surface area (Å²) in [5, 5.41) is 0. The van der Waals surface area contributed by atoms with Gasteiger partial charge in [0, 0.05) is 16.7 Å². The van der Waals surface area contributed by atoms with E-state index in [1.54, 1.807) is 6.07 Å². The van der Waals surface area contributed by atoms with Crippen LogP contribution >= 0.6 is 0 Å². The third-order valence-corrected chi connectivity index (χ3v) is 4.02. The Morgan fingerprint density at radius 3 is 2.43 bits per heavy atom. The normalized spacial score (nSPS) is 18.1. The van der Waals surface area contributed by atoms with Crippen molar-refractivity contribution in [3.8, 4) is 0 Å². The van der Waals surface area contributed by atoms with Crippen molar-refractivity contribution in [3.05, 3.63) is 70.3 Å². The second-order valence-electron chi connectivity index (χ2n) is 5.20. The van der Waals surface area contributed by atoms with Gasteiger partial charge in [0.15, 0.2) is 0 Å². The van der Waals surface area contributed by atoms with Crippen molar-refractivity contribution >= 4 is 18.4 Å². The topological polar surface area (TPSA) is 35.5 Å². The van der Waals surface area contributed by atoms with Crippen molar-refractivity contribution < 1.29 is 14.3 Å². The number of ether oxygens (including phenoxy) is 2. The van der Waals surface area contributed by atoms with Gasteiger partial charge in [0.2, 0.25) is 5.79 Å². The lowest BCUT2D eigenvalue weighted by molar-refractivity contribution is -0.130. The fraction of sp³-hybridized carbons (Fsp3) is 0.167. The summed E-state index contributed by atoms with van der Waals surface area (Å²) in [5.41, 5.74) is 4.64. The van der Waals surface area contributed by atoms with E-state index in [1.807, 2.05) is 48.6 Å². The predicted octanol–water partition coefficient (Wildman–Crippen LogP) is 3.23. The van der Waals surface area contributed by atoms with Gasteiger partial charge in [0.05, 0.1) is 13.2 Å². The van der Waals surface area contributed by atoms with Crippen LogP contribution in [-0.2, 0) is 15.3 Å². The number of aldehydes is 1. The van der Waals surface area contributed by atoms with Gasteiger partial charge in [-0.1, -0.05) is 48.6 Å². The summed E-state index contributed by atoms with van der Waals surface area (Å²) in [7, 11) is 0. The lowest BCUT2D eigenvalue weighted by Crippen LogP contribution is -2.30. The van der Waals surface area contributed by atoms with E-state index in [0.29, 0.717) is 18.8 Å². The van der Waals surface area contributed by atoms with Crippen LogP contribution in [0.15, 0.2) is 42.5 Å². The Morgan fingerprint density at radius 2 is 1.62 bits per heavy atom. The van der Waals surface area contributed by atoms with Crippen molar-refractivity contribution in [3.63, 3.8) is 0 Å². The number of carbonyl (C=O) groups is 1. The van der Waals surface area contributed by atoms with Crippen LogP contribution in [0.4, 0.5) is 0 Å². The van der Waals surface area contributed by atoms with Crippen LogP contribution in [0.25, 0.3) is 12.2 Å². The first kappa shape index (κ1) is 12.5. The van der Waals surface area contributed by atoms with Gasteiger partial charge in [-0.25, -0.2) is 0 Å². The zero-order chi connectivity index (χ0) is 14.3. The van der Waals surface area contributed by atoms with Gasteiger partial charge >= 0.3 is 0 Å². The van der Waals surface area contributed by atoms with Crippen LogP contribution in [0.5, 0.6) is 0 Å². The zero-order valence-corrected chi connectivity index (χ0v) is 11.4.